The minimum absolute atomic E-state index is 0.167. The fourth-order valence-corrected chi connectivity index (χ4v) is 1.03. The molecule has 0 spiro atoms. The number of rotatable bonds is 1. The lowest BCUT2D eigenvalue weighted by Gasteiger charge is -2.04. The number of carbonyl (C=O) groups excluding carboxylic acids is 1. The Balaban J connectivity index is 0.000000130. The number of nitrogens with two attached hydrogens (primary N) is 2. The van der Waals surface area contributed by atoms with Crippen LogP contribution in [-0.4, -0.2) is 16.4 Å². The summed E-state index contributed by atoms with van der Waals surface area (Å²) in [5, 5.41) is 0.703. The van der Waals surface area contributed by atoms with E-state index in [-0.39, 0.29) is 11.2 Å². The molecule has 0 aromatic heterocycles. The number of alkyl halides is 1. The average Bonchev–Trinajstić information content (AvgIpc) is 2.73. The molecule has 2 aliphatic rings. The van der Waals surface area contributed by atoms with Gasteiger partial charge in [0.25, 0.3) is 5.91 Å². The maximum absolute atomic E-state index is 10.1. The number of amides is 1. The van der Waals surface area contributed by atoms with Crippen LogP contribution in [0, 0.1) is 0 Å². The van der Waals surface area contributed by atoms with Crippen LogP contribution in [0.2, 0.25) is 0 Å². The van der Waals surface area contributed by atoms with Gasteiger partial charge in [0.05, 0.1) is 5.33 Å². The van der Waals surface area contributed by atoms with Crippen molar-refractivity contribution in [1.82, 2.24) is 5.12 Å². The van der Waals surface area contributed by atoms with E-state index in [0.29, 0.717) is 5.12 Å². The highest BCUT2D eigenvalue weighted by Crippen LogP contribution is 2.32. The van der Waals surface area contributed by atoms with Crippen LogP contribution in [-0.2, 0) is 4.79 Å². The van der Waals surface area contributed by atoms with Crippen molar-refractivity contribution in [3.8, 4) is 11.1 Å². The molecule has 0 fully saturated rings. The van der Waals surface area contributed by atoms with Crippen LogP contribution in [0.4, 0.5) is 0 Å². The van der Waals surface area contributed by atoms with Crippen molar-refractivity contribution >= 4 is 21.8 Å². The molecule has 0 atom stereocenters. The summed E-state index contributed by atoms with van der Waals surface area (Å²) in [6, 6.07) is 8.48. The summed E-state index contributed by atoms with van der Waals surface area (Å²) in [4.78, 5) is 10.1. The van der Waals surface area contributed by atoms with E-state index >= 15 is 0 Å². The first-order chi connectivity index (χ1) is 6.15. The van der Waals surface area contributed by atoms with Gasteiger partial charge in [-0.15, -0.1) is 0 Å². The zero-order valence-corrected chi connectivity index (χ0v) is 8.49. The molecule has 0 saturated heterocycles. The van der Waals surface area contributed by atoms with E-state index in [4.69, 9.17) is 11.7 Å². The lowest BCUT2D eigenvalue weighted by Crippen LogP contribution is -2.43. The number of nitrogens with zero attached hydrogens (tertiary/aromatic N) is 1. The van der Waals surface area contributed by atoms with E-state index in [1.807, 2.05) is 0 Å². The van der Waals surface area contributed by atoms with Crippen molar-refractivity contribution in [3.05, 3.63) is 24.3 Å². The second kappa shape index (κ2) is 4.36. The van der Waals surface area contributed by atoms with Gasteiger partial charge in [0.1, 0.15) is 0 Å². The van der Waals surface area contributed by atoms with Crippen LogP contribution >= 0.6 is 15.9 Å². The van der Waals surface area contributed by atoms with Crippen molar-refractivity contribution in [2.75, 3.05) is 5.33 Å². The molecule has 13 heavy (non-hydrogen) atoms. The monoisotopic (exact) mass is 243 g/mol. The van der Waals surface area contributed by atoms with Gasteiger partial charge in [0.15, 0.2) is 0 Å². The first kappa shape index (κ1) is 10.2. The zero-order chi connectivity index (χ0) is 9.84. The second-order valence-electron chi connectivity index (χ2n) is 2.52. The molecular formula is C8H10BrN3O. The first-order valence-electron chi connectivity index (χ1n) is 3.64. The van der Waals surface area contributed by atoms with E-state index in [9.17, 15) is 4.79 Å². The highest BCUT2D eigenvalue weighted by molar-refractivity contribution is 9.09. The van der Waals surface area contributed by atoms with Crippen LogP contribution in [0.3, 0.4) is 0 Å². The van der Waals surface area contributed by atoms with Gasteiger partial charge in [-0.25, -0.2) is 16.8 Å². The summed E-state index contributed by atoms with van der Waals surface area (Å²) in [7, 11) is 0. The Kier molecular flexibility index (Phi) is 3.41. The minimum Gasteiger partial charge on any atom is -0.271 e. The predicted molar refractivity (Wildman–Crippen MR) is 54.5 cm³/mol. The molecule has 0 radical (unpaired) electrons. The SMILES string of the molecule is NN(N)C(=O)CBr.c1cc2cc-2c1. The number of carbonyl (C=O) groups is 1. The van der Waals surface area contributed by atoms with Gasteiger partial charge in [-0.3, -0.25) is 4.79 Å². The standard InChI is InChI=1S/C6H4.C2H6BrN3O/c1-2-5-4-6(5)3-1;3-1-2(7)6(4)5/h1-4H;1,4-5H2. The molecule has 0 heterocycles. The van der Waals surface area contributed by atoms with Crippen LogP contribution in [0.25, 0.3) is 11.1 Å². The maximum Gasteiger partial charge on any atom is 0.261 e. The van der Waals surface area contributed by atoms with Crippen molar-refractivity contribution in [2.24, 2.45) is 11.7 Å². The molecule has 4 N–H and O–H groups in total. The number of hydrogen-bond donors (Lipinski definition) is 2. The quantitative estimate of drug-likeness (QED) is 0.334. The first-order valence-corrected chi connectivity index (χ1v) is 4.76. The van der Waals surface area contributed by atoms with Gasteiger partial charge >= 0.3 is 0 Å². The van der Waals surface area contributed by atoms with Crippen LogP contribution in [0.5, 0.6) is 0 Å². The third-order valence-electron chi connectivity index (χ3n) is 1.51. The molecule has 2 rings (SSSR count). The fourth-order valence-electron chi connectivity index (χ4n) is 0.745. The van der Waals surface area contributed by atoms with Gasteiger partial charge in [-0.05, 0) is 17.2 Å². The maximum atomic E-state index is 10.1. The van der Waals surface area contributed by atoms with Crippen molar-refractivity contribution < 1.29 is 4.79 Å². The number of benzene rings is 1. The minimum atomic E-state index is -0.347. The summed E-state index contributed by atoms with van der Waals surface area (Å²) in [6.07, 6.45) is 0. The smallest absolute Gasteiger partial charge is 0.261 e. The van der Waals surface area contributed by atoms with Crippen molar-refractivity contribution in [2.45, 2.75) is 0 Å². The Bertz CT molecular complexity index is 297. The molecule has 0 saturated carbocycles. The van der Waals surface area contributed by atoms with Crippen molar-refractivity contribution in [3.63, 3.8) is 0 Å². The number of hydrogen-bond acceptors (Lipinski definition) is 3. The summed E-state index contributed by atoms with van der Waals surface area (Å²) in [5.74, 6) is 9.21. The molecule has 0 bridgehead atoms. The summed E-state index contributed by atoms with van der Waals surface area (Å²) >= 11 is 2.86. The van der Waals surface area contributed by atoms with Crippen LogP contribution < -0.4 is 11.7 Å². The Morgan fingerprint density at radius 1 is 1.38 bits per heavy atom. The summed E-state index contributed by atoms with van der Waals surface area (Å²) in [5.41, 5.74) is 2.85. The normalized spacial score (nSPS) is 9.77. The molecule has 0 aromatic carbocycles. The van der Waals surface area contributed by atoms with Gasteiger partial charge in [0.2, 0.25) is 0 Å². The Morgan fingerprint density at radius 2 is 1.92 bits per heavy atom. The highest BCUT2D eigenvalue weighted by atomic mass is 79.9. The highest BCUT2D eigenvalue weighted by Gasteiger charge is 2.06. The largest absolute Gasteiger partial charge is 0.271 e. The number of hydrazine groups is 2. The Labute approximate surface area is 84.6 Å². The summed E-state index contributed by atoms with van der Waals surface area (Å²) < 4.78 is 0. The topological polar surface area (TPSA) is 72.3 Å². The van der Waals surface area contributed by atoms with Gasteiger partial charge in [-0.2, -0.15) is 0 Å². The molecular weight excluding hydrogens is 234 g/mol. The molecule has 0 aromatic rings. The average molecular weight is 244 g/mol. The van der Waals surface area contributed by atoms with Crippen LogP contribution in [0.1, 0.15) is 0 Å². The summed E-state index contributed by atoms with van der Waals surface area (Å²) in [6.45, 7) is 0. The molecule has 0 unspecified atom stereocenters. The van der Waals surface area contributed by atoms with Gasteiger partial charge in [-0.1, -0.05) is 34.1 Å². The molecule has 70 valence electrons. The third kappa shape index (κ3) is 3.14. The van der Waals surface area contributed by atoms with Crippen LogP contribution in [0.15, 0.2) is 24.3 Å². The van der Waals surface area contributed by atoms with E-state index in [0.717, 1.165) is 0 Å². The lowest BCUT2D eigenvalue weighted by molar-refractivity contribution is -0.128. The molecule has 1 amide bonds. The molecule has 0 aliphatic heterocycles. The lowest BCUT2D eigenvalue weighted by atomic mass is 10.6. The van der Waals surface area contributed by atoms with Crippen molar-refractivity contribution in [1.29, 1.82) is 0 Å². The van der Waals surface area contributed by atoms with E-state index < -0.39 is 0 Å². The molecule has 4 nitrogen and oxygen atoms in total. The van der Waals surface area contributed by atoms with Gasteiger partial charge in [0, 0.05) is 0 Å². The predicted octanol–water partition coefficient (Wildman–Crippen LogP) is 0.624. The molecule has 2 aliphatic carbocycles. The van der Waals surface area contributed by atoms with E-state index in [1.165, 1.54) is 11.1 Å². The zero-order valence-electron chi connectivity index (χ0n) is 6.90. The number of fused-ring (bicyclic) bond motifs is 1. The van der Waals surface area contributed by atoms with E-state index in [1.54, 1.807) is 0 Å². The second-order valence-corrected chi connectivity index (χ2v) is 3.08. The van der Waals surface area contributed by atoms with E-state index in [2.05, 4.69) is 40.2 Å². The van der Waals surface area contributed by atoms with Gasteiger partial charge < -0.3 is 0 Å². The Hall–Kier alpha value is -0.910. The fraction of sp³-hybridized carbons (Fsp3) is 0.125. The third-order valence-corrected chi connectivity index (χ3v) is 1.99. The number of halogens is 1. The Morgan fingerprint density at radius 3 is 2.00 bits per heavy atom. The molecule has 5 heteroatoms.